The van der Waals surface area contributed by atoms with Gasteiger partial charge in [-0.15, -0.1) is 11.3 Å². The highest BCUT2D eigenvalue weighted by molar-refractivity contribution is 7.09. The van der Waals surface area contributed by atoms with Crippen molar-refractivity contribution in [1.29, 1.82) is 0 Å². The van der Waals surface area contributed by atoms with Crippen molar-refractivity contribution in [2.24, 2.45) is 0 Å². The molecule has 0 amide bonds. The molecule has 1 aromatic carbocycles. The summed E-state index contributed by atoms with van der Waals surface area (Å²) in [6.07, 6.45) is 0. The first-order valence-corrected chi connectivity index (χ1v) is 6.71. The Morgan fingerprint density at radius 1 is 1.37 bits per heavy atom. The van der Waals surface area contributed by atoms with E-state index in [0.717, 1.165) is 10.4 Å². The Hall–Kier alpha value is -1.85. The van der Waals surface area contributed by atoms with Gasteiger partial charge in [-0.2, -0.15) is 0 Å². The van der Waals surface area contributed by atoms with E-state index in [-0.39, 0.29) is 11.7 Å². The van der Waals surface area contributed by atoms with E-state index in [4.69, 9.17) is 4.74 Å². The van der Waals surface area contributed by atoms with Gasteiger partial charge in [-0.1, -0.05) is 18.2 Å². The summed E-state index contributed by atoms with van der Waals surface area (Å²) in [6, 6.07) is 9.96. The zero-order valence-electron chi connectivity index (χ0n) is 10.5. The van der Waals surface area contributed by atoms with Gasteiger partial charge in [0.2, 0.25) is 0 Å². The van der Waals surface area contributed by atoms with Gasteiger partial charge in [-0.05, 0) is 29.1 Å². The lowest BCUT2D eigenvalue weighted by Crippen LogP contribution is -2.29. The second-order valence-electron chi connectivity index (χ2n) is 4.01. The first-order valence-electron chi connectivity index (χ1n) is 5.83. The van der Waals surface area contributed by atoms with E-state index in [9.17, 15) is 9.90 Å². The highest BCUT2D eigenvalue weighted by Crippen LogP contribution is 2.19. The van der Waals surface area contributed by atoms with E-state index in [2.05, 4.69) is 5.32 Å². The molecular weight excluding hydrogens is 262 g/mol. The first kappa shape index (κ1) is 13.6. The van der Waals surface area contributed by atoms with Gasteiger partial charge in [-0.3, -0.25) is 5.32 Å². The maximum absolute atomic E-state index is 11.8. The van der Waals surface area contributed by atoms with Crippen LogP contribution < -0.4 is 5.32 Å². The number of carbonyl (C=O) groups is 1. The van der Waals surface area contributed by atoms with Crippen molar-refractivity contribution in [1.82, 2.24) is 5.32 Å². The van der Waals surface area contributed by atoms with Crippen molar-refractivity contribution >= 4 is 17.3 Å². The number of phenols is 1. The fourth-order valence-corrected chi connectivity index (χ4v) is 2.39. The molecule has 100 valence electrons. The number of carbonyl (C=O) groups excluding carboxylic acids is 1. The summed E-state index contributed by atoms with van der Waals surface area (Å²) in [5.74, 6) is -0.173. The fourth-order valence-electron chi connectivity index (χ4n) is 1.74. The van der Waals surface area contributed by atoms with Crippen LogP contribution in [0.3, 0.4) is 0 Å². The number of aromatic hydroxyl groups is 1. The molecule has 1 heterocycles. The summed E-state index contributed by atoms with van der Waals surface area (Å²) in [7, 11) is 1.36. The van der Waals surface area contributed by atoms with Crippen LogP contribution in [0, 0.1) is 0 Å². The largest absolute Gasteiger partial charge is 0.508 e. The van der Waals surface area contributed by atoms with Crippen LogP contribution in [0.1, 0.15) is 16.5 Å². The van der Waals surface area contributed by atoms with Gasteiger partial charge >= 0.3 is 5.97 Å². The lowest BCUT2D eigenvalue weighted by atomic mass is 10.1. The zero-order valence-corrected chi connectivity index (χ0v) is 11.3. The molecule has 0 aliphatic rings. The molecule has 2 aromatic rings. The summed E-state index contributed by atoms with van der Waals surface area (Å²) in [4.78, 5) is 13.0. The summed E-state index contributed by atoms with van der Waals surface area (Å²) < 4.78 is 4.81. The Labute approximate surface area is 115 Å². The van der Waals surface area contributed by atoms with Crippen LogP contribution >= 0.6 is 11.3 Å². The average Bonchev–Trinajstić information content (AvgIpc) is 2.93. The second kappa shape index (κ2) is 6.36. The van der Waals surface area contributed by atoms with Crippen LogP contribution in [-0.4, -0.2) is 18.2 Å². The SMILES string of the molecule is COC(=O)C(NCc1cccs1)c1ccc(O)cc1. The van der Waals surface area contributed by atoms with Crippen molar-refractivity contribution in [3.05, 3.63) is 52.2 Å². The number of methoxy groups -OCH3 is 1. The maximum atomic E-state index is 11.8. The van der Waals surface area contributed by atoms with Crippen LogP contribution in [0.15, 0.2) is 41.8 Å². The van der Waals surface area contributed by atoms with Gasteiger partial charge in [0.05, 0.1) is 7.11 Å². The smallest absolute Gasteiger partial charge is 0.327 e. The van der Waals surface area contributed by atoms with Crippen LogP contribution in [-0.2, 0) is 16.1 Å². The normalized spacial score (nSPS) is 12.1. The van der Waals surface area contributed by atoms with Gasteiger partial charge < -0.3 is 9.84 Å². The maximum Gasteiger partial charge on any atom is 0.327 e. The lowest BCUT2D eigenvalue weighted by molar-refractivity contribution is -0.143. The van der Waals surface area contributed by atoms with Crippen LogP contribution in [0.25, 0.3) is 0 Å². The van der Waals surface area contributed by atoms with E-state index in [1.165, 1.54) is 7.11 Å². The van der Waals surface area contributed by atoms with Gasteiger partial charge in [0.15, 0.2) is 0 Å². The Morgan fingerprint density at radius 3 is 2.68 bits per heavy atom. The van der Waals surface area contributed by atoms with Gasteiger partial charge in [0, 0.05) is 11.4 Å². The Balaban J connectivity index is 2.11. The molecule has 0 aliphatic heterocycles. The standard InChI is InChI=1S/C14H15NO3S/c1-18-14(17)13(10-4-6-11(16)7-5-10)15-9-12-3-2-8-19-12/h2-8,13,15-16H,9H2,1H3. The van der Waals surface area contributed by atoms with E-state index in [1.54, 1.807) is 35.6 Å². The van der Waals surface area contributed by atoms with Gasteiger partial charge in [-0.25, -0.2) is 4.79 Å². The molecule has 0 saturated carbocycles. The van der Waals surface area contributed by atoms with Crippen molar-refractivity contribution in [2.75, 3.05) is 7.11 Å². The molecule has 2 rings (SSSR count). The third-order valence-corrected chi connectivity index (χ3v) is 3.60. The number of benzene rings is 1. The molecule has 1 unspecified atom stereocenters. The van der Waals surface area contributed by atoms with Crippen molar-refractivity contribution < 1.29 is 14.6 Å². The zero-order chi connectivity index (χ0) is 13.7. The predicted octanol–water partition coefficient (Wildman–Crippen LogP) is 2.46. The quantitative estimate of drug-likeness (QED) is 0.824. The molecule has 1 atom stereocenters. The van der Waals surface area contributed by atoms with Crippen LogP contribution in [0.5, 0.6) is 5.75 Å². The third-order valence-electron chi connectivity index (χ3n) is 2.72. The number of nitrogens with one attached hydrogen (secondary N) is 1. The molecule has 0 spiro atoms. The van der Waals surface area contributed by atoms with Crippen molar-refractivity contribution in [2.45, 2.75) is 12.6 Å². The number of esters is 1. The van der Waals surface area contributed by atoms with Gasteiger partial charge in [0.25, 0.3) is 0 Å². The fraction of sp³-hybridized carbons (Fsp3) is 0.214. The van der Waals surface area contributed by atoms with E-state index >= 15 is 0 Å². The summed E-state index contributed by atoms with van der Waals surface area (Å²) in [5, 5.41) is 14.4. The molecule has 0 bridgehead atoms. The molecule has 4 nitrogen and oxygen atoms in total. The Bertz CT molecular complexity index is 522. The highest BCUT2D eigenvalue weighted by Gasteiger charge is 2.20. The molecule has 2 N–H and O–H groups in total. The Kier molecular flexibility index (Phi) is 4.54. The number of phenolic OH excluding ortho intramolecular Hbond substituents is 1. The molecular formula is C14H15NO3S. The van der Waals surface area contributed by atoms with E-state index in [0.29, 0.717) is 6.54 Å². The summed E-state index contributed by atoms with van der Waals surface area (Å²) in [5.41, 5.74) is 0.765. The molecule has 19 heavy (non-hydrogen) atoms. The number of hydrogen-bond acceptors (Lipinski definition) is 5. The molecule has 1 aromatic heterocycles. The predicted molar refractivity (Wildman–Crippen MR) is 74.0 cm³/mol. The Morgan fingerprint density at radius 2 is 2.11 bits per heavy atom. The third kappa shape index (κ3) is 3.56. The molecule has 0 fully saturated rings. The number of thiophene rings is 1. The van der Waals surface area contributed by atoms with Gasteiger partial charge in [0.1, 0.15) is 11.8 Å². The summed E-state index contributed by atoms with van der Waals surface area (Å²) in [6.45, 7) is 0.596. The second-order valence-corrected chi connectivity index (χ2v) is 5.04. The number of rotatable bonds is 5. The topological polar surface area (TPSA) is 58.6 Å². The van der Waals surface area contributed by atoms with E-state index < -0.39 is 6.04 Å². The van der Waals surface area contributed by atoms with Crippen molar-refractivity contribution in [3.63, 3.8) is 0 Å². The monoisotopic (exact) mass is 277 g/mol. The average molecular weight is 277 g/mol. The minimum absolute atomic E-state index is 0.172. The molecule has 5 heteroatoms. The molecule has 0 aliphatic carbocycles. The van der Waals surface area contributed by atoms with Crippen LogP contribution in [0.4, 0.5) is 0 Å². The number of hydrogen-bond donors (Lipinski definition) is 2. The van der Waals surface area contributed by atoms with E-state index in [1.807, 2.05) is 17.5 Å². The van der Waals surface area contributed by atoms with Crippen LogP contribution in [0.2, 0.25) is 0 Å². The molecule has 0 radical (unpaired) electrons. The summed E-state index contributed by atoms with van der Waals surface area (Å²) >= 11 is 1.63. The molecule has 0 saturated heterocycles. The number of ether oxygens (including phenoxy) is 1. The van der Waals surface area contributed by atoms with Crippen molar-refractivity contribution in [3.8, 4) is 5.75 Å². The minimum Gasteiger partial charge on any atom is -0.508 e. The minimum atomic E-state index is -0.535. The highest BCUT2D eigenvalue weighted by atomic mass is 32.1. The lowest BCUT2D eigenvalue weighted by Gasteiger charge is -2.16. The first-order chi connectivity index (χ1) is 9.20.